The van der Waals surface area contributed by atoms with Crippen molar-refractivity contribution in [1.29, 1.82) is 0 Å². The molecule has 1 N–H and O–H groups in total. The van der Waals surface area contributed by atoms with Crippen LogP contribution in [0.4, 0.5) is 0 Å². The molecule has 1 amide bonds. The van der Waals surface area contributed by atoms with Gasteiger partial charge in [0.1, 0.15) is 0 Å². The molecule has 0 saturated heterocycles. The Bertz CT molecular complexity index is 447. The van der Waals surface area contributed by atoms with Crippen molar-refractivity contribution < 1.29 is 4.79 Å². The molecular weight excluding hydrogens is 256 g/mol. The first-order chi connectivity index (χ1) is 8.90. The summed E-state index contributed by atoms with van der Waals surface area (Å²) in [5.74, 6) is 0.837. The molecule has 1 aliphatic rings. The van der Waals surface area contributed by atoms with Crippen LogP contribution >= 0.6 is 11.3 Å². The van der Waals surface area contributed by atoms with Gasteiger partial charge in [-0.15, -0.1) is 11.3 Å². The maximum absolute atomic E-state index is 11.9. The molecule has 1 aromatic rings. The molecule has 19 heavy (non-hydrogen) atoms. The number of carbonyl (C=O) groups excluding carboxylic acids is 1. The summed E-state index contributed by atoms with van der Waals surface area (Å²) in [7, 11) is 0. The number of thiazole rings is 1. The lowest BCUT2D eigenvalue weighted by atomic mass is 9.98. The van der Waals surface area contributed by atoms with Gasteiger partial charge >= 0.3 is 0 Å². The number of nitrogens with zero attached hydrogens (tertiary/aromatic N) is 1. The van der Waals surface area contributed by atoms with Gasteiger partial charge in [-0.2, -0.15) is 0 Å². The van der Waals surface area contributed by atoms with Gasteiger partial charge in [0.2, 0.25) is 5.91 Å². The van der Waals surface area contributed by atoms with E-state index in [1.165, 1.54) is 12.8 Å². The number of amides is 1. The van der Waals surface area contributed by atoms with Crippen molar-refractivity contribution in [3.05, 3.63) is 16.1 Å². The third-order valence-electron chi connectivity index (χ3n) is 3.46. The molecule has 3 nitrogen and oxygen atoms in total. The Hall–Kier alpha value is -0.900. The maximum Gasteiger partial charge on any atom is 0.226 e. The van der Waals surface area contributed by atoms with Crippen molar-refractivity contribution in [3.8, 4) is 0 Å². The lowest BCUT2D eigenvalue weighted by Crippen LogP contribution is -2.28. The molecule has 0 spiro atoms. The number of hydrogen-bond donors (Lipinski definition) is 1. The summed E-state index contributed by atoms with van der Waals surface area (Å²) in [5.41, 5.74) is 0.974. The van der Waals surface area contributed by atoms with E-state index in [4.69, 9.17) is 0 Å². The third kappa shape index (κ3) is 4.03. The van der Waals surface area contributed by atoms with Crippen LogP contribution in [0.2, 0.25) is 0 Å². The van der Waals surface area contributed by atoms with Gasteiger partial charge in [-0.05, 0) is 18.8 Å². The highest BCUT2D eigenvalue weighted by Crippen LogP contribution is 2.34. The summed E-state index contributed by atoms with van der Waals surface area (Å²) in [6, 6.07) is 0.424. The third-order valence-corrected chi connectivity index (χ3v) is 4.78. The van der Waals surface area contributed by atoms with E-state index in [1.807, 2.05) is 5.38 Å². The Labute approximate surface area is 119 Å². The van der Waals surface area contributed by atoms with Crippen LogP contribution in [-0.4, -0.2) is 16.9 Å². The fraction of sp³-hybridized carbons (Fsp3) is 0.733. The van der Waals surface area contributed by atoms with Crippen molar-refractivity contribution in [3.63, 3.8) is 0 Å². The van der Waals surface area contributed by atoms with Crippen molar-refractivity contribution in [2.45, 2.75) is 64.8 Å². The van der Waals surface area contributed by atoms with Gasteiger partial charge in [0.05, 0.1) is 17.1 Å². The molecule has 106 valence electrons. The van der Waals surface area contributed by atoms with E-state index >= 15 is 0 Å². The zero-order chi connectivity index (χ0) is 14.0. The van der Waals surface area contributed by atoms with E-state index in [2.05, 4.69) is 38.0 Å². The number of carbonyl (C=O) groups is 1. The molecule has 1 aliphatic carbocycles. The molecule has 1 fully saturated rings. The Morgan fingerprint density at radius 1 is 1.53 bits per heavy atom. The van der Waals surface area contributed by atoms with E-state index in [-0.39, 0.29) is 11.3 Å². The van der Waals surface area contributed by atoms with E-state index in [9.17, 15) is 4.79 Å². The highest BCUT2D eigenvalue weighted by molar-refractivity contribution is 7.09. The summed E-state index contributed by atoms with van der Waals surface area (Å²) >= 11 is 1.65. The van der Waals surface area contributed by atoms with Crippen LogP contribution in [0.3, 0.4) is 0 Å². The first-order valence-electron chi connectivity index (χ1n) is 7.14. The highest BCUT2D eigenvalue weighted by atomic mass is 32.1. The highest BCUT2D eigenvalue weighted by Gasteiger charge is 2.37. The van der Waals surface area contributed by atoms with Gasteiger partial charge in [-0.3, -0.25) is 4.79 Å². The summed E-state index contributed by atoms with van der Waals surface area (Å²) < 4.78 is 0. The Morgan fingerprint density at radius 3 is 2.84 bits per heavy atom. The van der Waals surface area contributed by atoms with Gasteiger partial charge in [0.25, 0.3) is 0 Å². The van der Waals surface area contributed by atoms with Crippen molar-refractivity contribution in [1.82, 2.24) is 10.3 Å². The second-order valence-electron chi connectivity index (χ2n) is 6.53. The van der Waals surface area contributed by atoms with Crippen LogP contribution in [0.25, 0.3) is 0 Å². The van der Waals surface area contributed by atoms with E-state index < -0.39 is 0 Å². The van der Waals surface area contributed by atoms with Gasteiger partial charge in [0, 0.05) is 16.8 Å². The minimum Gasteiger partial charge on any atom is -0.353 e. The second kappa shape index (κ2) is 5.61. The smallest absolute Gasteiger partial charge is 0.226 e. The van der Waals surface area contributed by atoms with Crippen LogP contribution in [0.1, 0.15) is 57.7 Å². The SMILES string of the molecule is CCCC1CC1NC(=O)Cc1csc(C(C)(C)C)n1. The minimum absolute atomic E-state index is 0.0715. The topological polar surface area (TPSA) is 42.0 Å². The van der Waals surface area contributed by atoms with Gasteiger partial charge in [-0.1, -0.05) is 34.1 Å². The molecule has 0 aromatic carbocycles. The molecule has 2 unspecified atom stereocenters. The quantitative estimate of drug-likeness (QED) is 0.899. The fourth-order valence-corrected chi connectivity index (χ4v) is 3.18. The van der Waals surface area contributed by atoms with Crippen molar-refractivity contribution in [2.24, 2.45) is 5.92 Å². The summed E-state index contributed by atoms with van der Waals surface area (Å²) in [6.07, 6.45) is 4.01. The number of nitrogens with one attached hydrogen (secondary N) is 1. The maximum atomic E-state index is 11.9. The normalized spacial score (nSPS) is 22.3. The van der Waals surface area contributed by atoms with Crippen LogP contribution in [-0.2, 0) is 16.6 Å². The van der Waals surface area contributed by atoms with Crippen LogP contribution < -0.4 is 5.32 Å². The molecular formula is C15H24N2OS. The van der Waals surface area contributed by atoms with E-state index in [1.54, 1.807) is 11.3 Å². The van der Waals surface area contributed by atoms with Gasteiger partial charge in [0.15, 0.2) is 0 Å². The van der Waals surface area contributed by atoms with Crippen molar-refractivity contribution in [2.75, 3.05) is 0 Å². The molecule has 2 atom stereocenters. The molecule has 1 heterocycles. The zero-order valence-electron chi connectivity index (χ0n) is 12.3. The molecule has 0 bridgehead atoms. The summed E-state index contributed by atoms with van der Waals surface area (Å²) in [4.78, 5) is 16.5. The minimum atomic E-state index is 0.0715. The molecule has 0 radical (unpaired) electrons. The van der Waals surface area contributed by atoms with Crippen molar-refractivity contribution >= 4 is 17.2 Å². The van der Waals surface area contributed by atoms with Crippen LogP contribution in [0.5, 0.6) is 0 Å². The number of hydrogen-bond acceptors (Lipinski definition) is 3. The lowest BCUT2D eigenvalue weighted by molar-refractivity contribution is -0.120. The first-order valence-corrected chi connectivity index (χ1v) is 8.02. The zero-order valence-corrected chi connectivity index (χ0v) is 13.1. The van der Waals surface area contributed by atoms with E-state index in [0.29, 0.717) is 12.5 Å². The molecule has 4 heteroatoms. The Balaban J connectivity index is 1.81. The standard InChI is InChI=1S/C15H24N2OS/c1-5-6-10-7-12(10)17-13(18)8-11-9-19-14(16-11)15(2,3)4/h9-10,12H,5-8H2,1-4H3,(H,17,18). The fourth-order valence-electron chi connectivity index (χ4n) is 2.27. The monoisotopic (exact) mass is 280 g/mol. The molecule has 1 saturated carbocycles. The Kier molecular flexibility index (Phi) is 4.29. The van der Waals surface area contributed by atoms with Gasteiger partial charge < -0.3 is 5.32 Å². The lowest BCUT2D eigenvalue weighted by Gasteiger charge is -2.13. The number of rotatable bonds is 5. The second-order valence-corrected chi connectivity index (χ2v) is 7.39. The average Bonchev–Trinajstić information content (AvgIpc) is 2.84. The molecule has 0 aliphatic heterocycles. The van der Waals surface area contributed by atoms with E-state index in [0.717, 1.165) is 23.0 Å². The van der Waals surface area contributed by atoms with Crippen LogP contribution in [0, 0.1) is 5.92 Å². The average molecular weight is 280 g/mol. The summed E-state index contributed by atoms with van der Waals surface area (Å²) in [6.45, 7) is 8.64. The van der Waals surface area contributed by atoms with Gasteiger partial charge in [-0.25, -0.2) is 4.98 Å². The Morgan fingerprint density at radius 2 is 2.26 bits per heavy atom. The first kappa shape index (κ1) is 14.5. The summed E-state index contributed by atoms with van der Waals surface area (Å²) in [5, 5.41) is 6.22. The predicted molar refractivity (Wildman–Crippen MR) is 79.5 cm³/mol. The number of aromatic nitrogens is 1. The van der Waals surface area contributed by atoms with Crippen LogP contribution in [0.15, 0.2) is 5.38 Å². The largest absolute Gasteiger partial charge is 0.353 e. The molecule has 1 aromatic heterocycles. The molecule has 2 rings (SSSR count). The predicted octanol–water partition coefficient (Wildman–Crippen LogP) is 3.29.